The Morgan fingerprint density at radius 1 is 1.27 bits per heavy atom. The number of hydrogen-bond donors (Lipinski definition) is 0. The summed E-state index contributed by atoms with van der Waals surface area (Å²) in [5, 5.41) is 0. The maximum atomic E-state index is 11.9. The van der Waals surface area contributed by atoms with Crippen LogP contribution in [0.1, 0.15) is 12.5 Å². The third-order valence-electron chi connectivity index (χ3n) is 2.60. The molecule has 2 unspecified atom stereocenters. The van der Waals surface area contributed by atoms with E-state index >= 15 is 0 Å². The standard InChI is InChI=1S/C11H14O3S/c1-8-3-5-10(6-4-8)15(12,13)7-11-9(2)14-11/h3-6,9,11H,7H2,1-2H3. The van der Waals surface area contributed by atoms with Gasteiger partial charge in [-0.2, -0.15) is 0 Å². The zero-order valence-corrected chi connectivity index (χ0v) is 9.62. The van der Waals surface area contributed by atoms with Gasteiger partial charge in [0.1, 0.15) is 0 Å². The molecule has 1 aliphatic heterocycles. The Morgan fingerprint density at radius 2 is 1.80 bits per heavy atom. The molecule has 3 nitrogen and oxygen atoms in total. The number of epoxide rings is 1. The molecule has 1 fully saturated rings. The molecule has 0 saturated carbocycles. The fourth-order valence-electron chi connectivity index (χ4n) is 1.46. The van der Waals surface area contributed by atoms with Crippen molar-refractivity contribution in [2.45, 2.75) is 31.0 Å². The van der Waals surface area contributed by atoms with Gasteiger partial charge in [-0.1, -0.05) is 17.7 Å². The van der Waals surface area contributed by atoms with Crippen LogP contribution in [0.25, 0.3) is 0 Å². The third kappa shape index (κ3) is 2.38. The van der Waals surface area contributed by atoms with Crippen molar-refractivity contribution in [1.82, 2.24) is 0 Å². The fraction of sp³-hybridized carbons (Fsp3) is 0.455. The fourth-order valence-corrected chi connectivity index (χ4v) is 2.99. The van der Waals surface area contributed by atoms with E-state index in [9.17, 15) is 8.42 Å². The van der Waals surface area contributed by atoms with Crippen LogP contribution in [0.4, 0.5) is 0 Å². The lowest BCUT2D eigenvalue weighted by atomic mass is 10.2. The average molecular weight is 226 g/mol. The topological polar surface area (TPSA) is 46.7 Å². The first-order chi connectivity index (χ1) is 6.99. The average Bonchev–Trinajstić information content (AvgIpc) is 2.81. The number of sulfone groups is 1. The van der Waals surface area contributed by atoms with E-state index in [1.807, 2.05) is 26.0 Å². The van der Waals surface area contributed by atoms with E-state index in [2.05, 4.69) is 0 Å². The normalized spacial score (nSPS) is 25.2. The largest absolute Gasteiger partial charge is 0.369 e. The van der Waals surface area contributed by atoms with Gasteiger partial charge in [0.05, 0.1) is 22.9 Å². The SMILES string of the molecule is Cc1ccc(S(=O)(=O)CC2OC2C)cc1. The first-order valence-corrected chi connectivity index (χ1v) is 6.59. The van der Waals surface area contributed by atoms with Gasteiger partial charge in [0, 0.05) is 0 Å². The third-order valence-corrected chi connectivity index (χ3v) is 4.36. The molecule has 15 heavy (non-hydrogen) atoms. The second-order valence-corrected chi connectivity index (χ2v) is 6.01. The summed E-state index contributed by atoms with van der Waals surface area (Å²) >= 11 is 0. The van der Waals surface area contributed by atoms with Crippen molar-refractivity contribution in [3.63, 3.8) is 0 Å². The van der Waals surface area contributed by atoms with Crippen LogP contribution >= 0.6 is 0 Å². The Kier molecular flexibility index (Phi) is 2.56. The van der Waals surface area contributed by atoms with Crippen LogP contribution in [0.2, 0.25) is 0 Å². The van der Waals surface area contributed by atoms with Crippen molar-refractivity contribution in [3.8, 4) is 0 Å². The maximum Gasteiger partial charge on any atom is 0.181 e. The van der Waals surface area contributed by atoms with Gasteiger partial charge in [-0.15, -0.1) is 0 Å². The Bertz CT molecular complexity index is 447. The number of rotatable bonds is 3. The van der Waals surface area contributed by atoms with Crippen LogP contribution in [-0.4, -0.2) is 26.4 Å². The molecule has 2 rings (SSSR count). The van der Waals surface area contributed by atoms with Gasteiger partial charge in [0.2, 0.25) is 0 Å². The van der Waals surface area contributed by atoms with E-state index in [4.69, 9.17) is 4.74 Å². The molecule has 0 N–H and O–H groups in total. The van der Waals surface area contributed by atoms with Gasteiger partial charge in [0.15, 0.2) is 9.84 Å². The van der Waals surface area contributed by atoms with E-state index < -0.39 is 9.84 Å². The highest BCUT2D eigenvalue weighted by Crippen LogP contribution is 2.25. The molecule has 1 saturated heterocycles. The summed E-state index contributed by atoms with van der Waals surface area (Å²) in [4.78, 5) is 0.385. The van der Waals surface area contributed by atoms with E-state index in [1.165, 1.54) is 0 Å². The van der Waals surface area contributed by atoms with Crippen molar-refractivity contribution >= 4 is 9.84 Å². The summed E-state index contributed by atoms with van der Waals surface area (Å²) in [5.41, 5.74) is 1.06. The summed E-state index contributed by atoms with van der Waals surface area (Å²) in [6.07, 6.45) is -0.0264. The van der Waals surface area contributed by atoms with Gasteiger partial charge in [-0.3, -0.25) is 0 Å². The van der Waals surface area contributed by atoms with Crippen molar-refractivity contribution < 1.29 is 13.2 Å². The first-order valence-electron chi connectivity index (χ1n) is 4.94. The summed E-state index contributed by atoms with van der Waals surface area (Å²) in [5.74, 6) is 0.0945. The van der Waals surface area contributed by atoms with Crippen LogP contribution < -0.4 is 0 Å². The lowest BCUT2D eigenvalue weighted by Gasteiger charge is -2.02. The van der Waals surface area contributed by atoms with Crippen LogP contribution in [-0.2, 0) is 14.6 Å². The van der Waals surface area contributed by atoms with Crippen LogP contribution in [0, 0.1) is 6.92 Å². The number of ether oxygens (including phenoxy) is 1. The van der Waals surface area contributed by atoms with E-state index in [0.717, 1.165) is 5.56 Å². The molecule has 1 heterocycles. The molecule has 1 aromatic carbocycles. The molecule has 0 aliphatic carbocycles. The minimum atomic E-state index is -3.17. The van der Waals surface area contributed by atoms with E-state index in [-0.39, 0.29) is 18.0 Å². The molecule has 4 heteroatoms. The van der Waals surface area contributed by atoms with Crippen molar-refractivity contribution in [2.75, 3.05) is 5.75 Å². The second-order valence-electron chi connectivity index (χ2n) is 3.97. The van der Waals surface area contributed by atoms with Crippen molar-refractivity contribution in [1.29, 1.82) is 0 Å². The van der Waals surface area contributed by atoms with Crippen LogP contribution in [0.15, 0.2) is 29.2 Å². The molecular weight excluding hydrogens is 212 g/mol. The Morgan fingerprint density at radius 3 is 2.27 bits per heavy atom. The molecule has 1 aliphatic rings. The molecular formula is C11H14O3S. The number of aryl methyl sites for hydroxylation is 1. The maximum absolute atomic E-state index is 11.9. The first kappa shape index (κ1) is 10.6. The Hall–Kier alpha value is -0.870. The highest BCUT2D eigenvalue weighted by atomic mass is 32.2. The Labute approximate surface area is 90.0 Å². The van der Waals surface area contributed by atoms with E-state index in [1.54, 1.807) is 12.1 Å². The summed E-state index contributed by atoms with van der Waals surface area (Å²) in [7, 11) is -3.17. The van der Waals surface area contributed by atoms with E-state index in [0.29, 0.717) is 4.90 Å². The predicted molar refractivity (Wildman–Crippen MR) is 57.6 cm³/mol. The van der Waals surface area contributed by atoms with Crippen LogP contribution in [0.5, 0.6) is 0 Å². The highest BCUT2D eigenvalue weighted by molar-refractivity contribution is 7.91. The molecule has 2 atom stereocenters. The molecule has 82 valence electrons. The molecule has 1 aromatic rings. The minimum Gasteiger partial charge on any atom is -0.369 e. The van der Waals surface area contributed by atoms with Gasteiger partial charge in [0.25, 0.3) is 0 Å². The zero-order valence-electron chi connectivity index (χ0n) is 8.80. The van der Waals surface area contributed by atoms with Gasteiger partial charge < -0.3 is 4.74 Å². The van der Waals surface area contributed by atoms with Crippen LogP contribution in [0.3, 0.4) is 0 Å². The molecule has 0 bridgehead atoms. The summed E-state index contributed by atoms with van der Waals surface area (Å²) in [6, 6.07) is 6.92. The van der Waals surface area contributed by atoms with Gasteiger partial charge in [-0.25, -0.2) is 8.42 Å². The number of benzene rings is 1. The molecule has 0 amide bonds. The van der Waals surface area contributed by atoms with Crippen molar-refractivity contribution in [2.24, 2.45) is 0 Å². The predicted octanol–water partition coefficient (Wildman–Crippen LogP) is 1.56. The lowest BCUT2D eigenvalue weighted by molar-refractivity contribution is 0.388. The summed E-state index contributed by atoms with van der Waals surface area (Å²) in [6.45, 7) is 3.82. The lowest BCUT2D eigenvalue weighted by Crippen LogP contribution is -2.12. The highest BCUT2D eigenvalue weighted by Gasteiger charge is 2.38. The molecule has 0 aromatic heterocycles. The number of hydrogen-bond acceptors (Lipinski definition) is 3. The van der Waals surface area contributed by atoms with Gasteiger partial charge in [-0.05, 0) is 26.0 Å². The Balaban J connectivity index is 2.18. The quantitative estimate of drug-likeness (QED) is 0.735. The molecule has 0 spiro atoms. The van der Waals surface area contributed by atoms with Gasteiger partial charge >= 0.3 is 0 Å². The summed E-state index contributed by atoms with van der Waals surface area (Å²) < 4.78 is 28.8. The minimum absolute atomic E-state index is 0.0882. The smallest absolute Gasteiger partial charge is 0.181 e. The second kappa shape index (κ2) is 3.61. The monoisotopic (exact) mass is 226 g/mol. The van der Waals surface area contributed by atoms with Crippen molar-refractivity contribution in [3.05, 3.63) is 29.8 Å². The zero-order chi connectivity index (χ0) is 11.1. The molecule has 0 radical (unpaired) electrons.